The summed E-state index contributed by atoms with van der Waals surface area (Å²) in [6.45, 7) is 10.6. The zero-order valence-corrected chi connectivity index (χ0v) is 15.1. The second-order valence-electron chi connectivity index (χ2n) is 6.36. The number of rotatable bonds is 5. The smallest absolute Gasteiger partial charge is 0.161 e. The molecule has 3 rings (SSSR count). The zero-order chi connectivity index (χ0) is 17.1. The molecule has 0 saturated carbocycles. The van der Waals surface area contributed by atoms with E-state index in [0.29, 0.717) is 13.2 Å². The highest BCUT2D eigenvalue weighted by molar-refractivity contribution is 5.52. The fraction of sp³-hybridized carbons (Fsp3) is 0.429. The second kappa shape index (κ2) is 7.27. The summed E-state index contributed by atoms with van der Waals surface area (Å²) in [5, 5.41) is 3.68. The fourth-order valence-electron chi connectivity index (χ4n) is 3.53. The number of hydrogen-bond donors (Lipinski definition) is 1. The molecule has 3 heteroatoms. The van der Waals surface area contributed by atoms with Gasteiger partial charge in [-0.2, -0.15) is 0 Å². The van der Waals surface area contributed by atoms with Gasteiger partial charge in [0.15, 0.2) is 11.5 Å². The Balaban J connectivity index is 2.07. The minimum absolute atomic E-state index is 0.212. The molecule has 2 aromatic rings. The molecule has 1 unspecified atom stereocenters. The lowest BCUT2D eigenvalue weighted by molar-refractivity contribution is 0.286. The molecule has 0 aromatic heterocycles. The van der Waals surface area contributed by atoms with E-state index in [1.165, 1.54) is 27.8 Å². The van der Waals surface area contributed by atoms with Gasteiger partial charge in [0, 0.05) is 6.54 Å². The SMILES string of the molecule is CCOc1cc2c(cc1OCC)C(c1ccc(C)cc1C)NCC2. The molecule has 2 aromatic carbocycles. The Kier molecular flexibility index (Phi) is 5.10. The normalized spacial score (nSPS) is 16.6. The van der Waals surface area contributed by atoms with E-state index in [0.717, 1.165) is 24.5 Å². The van der Waals surface area contributed by atoms with Crippen molar-refractivity contribution in [3.8, 4) is 11.5 Å². The Morgan fingerprint density at radius 1 is 0.958 bits per heavy atom. The lowest BCUT2D eigenvalue weighted by Gasteiger charge is -2.30. The molecule has 1 aliphatic heterocycles. The molecule has 24 heavy (non-hydrogen) atoms. The first-order chi connectivity index (χ1) is 11.6. The summed E-state index contributed by atoms with van der Waals surface area (Å²) in [5.74, 6) is 1.70. The first-order valence-electron chi connectivity index (χ1n) is 8.87. The summed E-state index contributed by atoms with van der Waals surface area (Å²) < 4.78 is 11.6. The van der Waals surface area contributed by atoms with Crippen LogP contribution in [0.15, 0.2) is 30.3 Å². The predicted octanol–water partition coefficient (Wildman–Crippen LogP) is 4.34. The lowest BCUT2D eigenvalue weighted by Crippen LogP contribution is -2.31. The molecule has 1 atom stereocenters. The summed E-state index contributed by atoms with van der Waals surface area (Å²) in [6.07, 6.45) is 1.02. The fourth-order valence-corrected chi connectivity index (χ4v) is 3.53. The largest absolute Gasteiger partial charge is 0.490 e. The molecule has 0 amide bonds. The van der Waals surface area contributed by atoms with Crippen molar-refractivity contribution in [3.05, 3.63) is 58.1 Å². The number of ether oxygens (including phenoxy) is 2. The molecule has 0 saturated heterocycles. The van der Waals surface area contributed by atoms with Crippen LogP contribution in [0.3, 0.4) is 0 Å². The van der Waals surface area contributed by atoms with E-state index in [4.69, 9.17) is 9.47 Å². The predicted molar refractivity (Wildman–Crippen MR) is 98.2 cm³/mol. The maximum atomic E-state index is 5.84. The summed E-state index contributed by atoms with van der Waals surface area (Å²) in [7, 11) is 0. The third-order valence-corrected chi connectivity index (χ3v) is 4.60. The van der Waals surface area contributed by atoms with Crippen molar-refractivity contribution < 1.29 is 9.47 Å². The van der Waals surface area contributed by atoms with E-state index in [2.05, 4.69) is 49.5 Å². The average Bonchev–Trinajstić information content (AvgIpc) is 2.56. The monoisotopic (exact) mass is 325 g/mol. The van der Waals surface area contributed by atoms with Crippen molar-refractivity contribution in [2.24, 2.45) is 0 Å². The van der Waals surface area contributed by atoms with Gasteiger partial charge in [-0.05, 0) is 68.5 Å². The number of nitrogens with one attached hydrogen (secondary N) is 1. The summed E-state index contributed by atoms with van der Waals surface area (Å²) in [6, 6.07) is 11.2. The summed E-state index contributed by atoms with van der Waals surface area (Å²) in [5.41, 5.74) is 6.63. The molecular weight excluding hydrogens is 298 g/mol. The maximum Gasteiger partial charge on any atom is 0.161 e. The van der Waals surface area contributed by atoms with Gasteiger partial charge in [0.2, 0.25) is 0 Å². The number of benzene rings is 2. The Morgan fingerprint density at radius 2 is 1.67 bits per heavy atom. The van der Waals surface area contributed by atoms with E-state index in [9.17, 15) is 0 Å². The van der Waals surface area contributed by atoms with Crippen molar-refractivity contribution in [1.29, 1.82) is 0 Å². The van der Waals surface area contributed by atoms with Crippen molar-refractivity contribution in [3.63, 3.8) is 0 Å². The standard InChI is InChI=1S/C21H27NO2/c1-5-23-19-12-16-9-10-22-21(18(16)13-20(19)24-6-2)17-8-7-14(3)11-15(17)4/h7-8,11-13,21-22H,5-6,9-10H2,1-4H3. The van der Waals surface area contributed by atoms with Gasteiger partial charge >= 0.3 is 0 Å². The molecule has 0 radical (unpaired) electrons. The first-order valence-corrected chi connectivity index (χ1v) is 8.87. The van der Waals surface area contributed by atoms with Crippen LogP contribution in [0, 0.1) is 13.8 Å². The van der Waals surface area contributed by atoms with Gasteiger partial charge in [-0.15, -0.1) is 0 Å². The van der Waals surface area contributed by atoms with Gasteiger partial charge in [-0.25, -0.2) is 0 Å². The van der Waals surface area contributed by atoms with Crippen molar-refractivity contribution >= 4 is 0 Å². The first kappa shape index (κ1) is 16.8. The molecule has 0 fully saturated rings. The minimum atomic E-state index is 0.212. The Labute approximate surface area is 145 Å². The summed E-state index contributed by atoms with van der Waals surface area (Å²) in [4.78, 5) is 0. The molecule has 1 heterocycles. The van der Waals surface area contributed by atoms with Gasteiger partial charge in [0.05, 0.1) is 19.3 Å². The van der Waals surface area contributed by atoms with Crippen LogP contribution in [-0.4, -0.2) is 19.8 Å². The van der Waals surface area contributed by atoms with Crippen molar-refractivity contribution in [1.82, 2.24) is 5.32 Å². The lowest BCUT2D eigenvalue weighted by atomic mass is 9.87. The third-order valence-electron chi connectivity index (χ3n) is 4.60. The van der Waals surface area contributed by atoms with Crippen LogP contribution in [0.5, 0.6) is 11.5 Å². The van der Waals surface area contributed by atoms with Crippen molar-refractivity contribution in [2.75, 3.05) is 19.8 Å². The molecule has 0 aliphatic carbocycles. The molecule has 1 N–H and O–H groups in total. The second-order valence-corrected chi connectivity index (χ2v) is 6.36. The third kappa shape index (κ3) is 3.27. The topological polar surface area (TPSA) is 30.5 Å². The molecule has 3 nitrogen and oxygen atoms in total. The average molecular weight is 325 g/mol. The van der Waals surface area contributed by atoms with Crippen LogP contribution in [0.1, 0.15) is 47.7 Å². The number of hydrogen-bond acceptors (Lipinski definition) is 3. The molecule has 0 bridgehead atoms. The highest BCUT2D eigenvalue weighted by Crippen LogP contribution is 2.38. The van der Waals surface area contributed by atoms with Crippen LogP contribution >= 0.6 is 0 Å². The van der Waals surface area contributed by atoms with Crippen LogP contribution in [0.25, 0.3) is 0 Å². The van der Waals surface area contributed by atoms with Gasteiger partial charge < -0.3 is 14.8 Å². The minimum Gasteiger partial charge on any atom is -0.490 e. The Bertz CT molecular complexity index is 724. The van der Waals surface area contributed by atoms with Gasteiger partial charge in [0.1, 0.15) is 0 Å². The van der Waals surface area contributed by atoms with Gasteiger partial charge in [-0.3, -0.25) is 0 Å². The van der Waals surface area contributed by atoms with E-state index < -0.39 is 0 Å². The molecule has 128 valence electrons. The molecule has 1 aliphatic rings. The van der Waals surface area contributed by atoms with E-state index in [1.54, 1.807) is 0 Å². The van der Waals surface area contributed by atoms with E-state index in [-0.39, 0.29) is 6.04 Å². The molecular formula is C21H27NO2. The van der Waals surface area contributed by atoms with Crippen LogP contribution in [-0.2, 0) is 6.42 Å². The zero-order valence-electron chi connectivity index (χ0n) is 15.1. The highest BCUT2D eigenvalue weighted by atomic mass is 16.5. The highest BCUT2D eigenvalue weighted by Gasteiger charge is 2.25. The van der Waals surface area contributed by atoms with Gasteiger partial charge in [-0.1, -0.05) is 23.8 Å². The number of aryl methyl sites for hydroxylation is 2. The maximum absolute atomic E-state index is 5.84. The van der Waals surface area contributed by atoms with Gasteiger partial charge in [0.25, 0.3) is 0 Å². The number of fused-ring (bicyclic) bond motifs is 1. The van der Waals surface area contributed by atoms with E-state index >= 15 is 0 Å². The summed E-state index contributed by atoms with van der Waals surface area (Å²) >= 11 is 0. The van der Waals surface area contributed by atoms with Crippen LogP contribution in [0.4, 0.5) is 0 Å². The molecule has 0 spiro atoms. The quantitative estimate of drug-likeness (QED) is 0.887. The van der Waals surface area contributed by atoms with Crippen LogP contribution < -0.4 is 14.8 Å². The van der Waals surface area contributed by atoms with Crippen molar-refractivity contribution in [2.45, 2.75) is 40.2 Å². The Morgan fingerprint density at radius 3 is 2.33 bits per heavy atom. The van der Waals surface area contributed by atoms with E-state index in [1.807, 2.05) is 13.8 Å². The van der Waals surface area contributed by atoms with Crippen LogP contribution in [0.2, 0.25) is 0 Å². The Hall–Kier alpha value is -2.00.